The number of fused-ring (bicyclic) bond motifs is 8. The molecule has 0 aliphatic rings. The van der Waals surface area contributed by atoms with Gasteiger partial charge in [0.05, 0.1) is 33.1 Å². The maximum absolute atomic E-state index is 5.83. The number of imidazole rings is 2. The largest absolute Gasteiger partial charge is 0.294 e. The van der Waals surface area contributed by atoms with Crippen LogP contribution in [0.4, 0.5) is 0 Å². The minimum absolute atomic E-state index is 0.781. The lowest BCUT2D eigenvalue weighted by Crippen LogP contribution is -2.74. The Bertz CT molecular complexity index is 4470. The molecule has 4 aromatic heterocycles. The van der Waals surface area contributed by atoms with E-state index in [1.807, 2.05) is 0 Å². The molecule has 7 heteroatoms. The summed E-state index contributed by atoms with van der Waals surface area (Å²) < 4.78 is 7.02. The molecule has 14 rings (SSSR count). The summed E-state index contributed by atoms with van der Waals surface area (Å²) in [5.74, 6) is 2.41. The number of rotatable bonds is 12. The van der Waals surface area contributed by atoms with E-state index < -0.39 is 16.1 Å². The van der Waals surface area contributed by atoms with Crippen LogP contribution in [-0.2, 0) is 0 Å². The van der Waals surface area contributed by atoms with Crippen LogP contribution in [0.25, 0.3) is 72.4 Å². The highest BCUT2D eigenvalue weighted by Gasteiger charge is 2.43. The lowest BCUT2D eigenvalue weighted by Gasteiger charge is -2.35. The molecule has 0 saturated carbocycles. The Hall–Kier alpha value is -9.67. The first kappa shape index (κ1) is 47.8. The van der Waals surface area contributed by atoms with Crippen molar-refractivity contribution >= 4 is 102 Å². The molecule has 0 radical (unpaired) electrons. The maximum Gasteiger partial charge on any atom is 0.221 e. The molecule has 10 aromatic carbocycles. The second-order valence-corrected chi connectivity index (χ2v) is 28.0. The molecule has 0 bridgehead atoms. The van der Waals surface area contributed by atoms with Gasteiger partial charge in [-0.2, -0.15) is 0 Å². The average Bonchev–Trinajstić information content (AvgIpc) is 4.34. The van der Waals surface area contributed by atoms with E-state index in [2.05, 4.69) is 325 Å². The smallest absolute Gasteiger partial charge is 0.221 e. The summed E-state index contributed by atoms with van der Waals surface area (Å²) in [5, 5.41) is 13.0. The Balaban J connectivity index is 1.05. The molecule has 0 N–H and O–H groups in total. The molecule has 14 aromatic rings. The fraction of sp³-hybridized carbons (Fsp3) is 0.0278. The van der Waals surface area contributed by atoms with Gasteiger partial charge in [0.1, 0.15) is 11.6 Å². The van der Waals surface area contributed by atoms with E-state index in [0.717, 1.165) is 61.6 Å². The first-order valence-corrected chi connectivity index (χ1v) is 31.2. The average molecular weight is 1050 g/mol. The molecule has 5 nitrogen and oxygen atoms in total. The predicted molar refractivity (Wildman–Crippen MR) is 337 cm³/mol. The number of benzene rings is 10. The summed E-state index contributed by atoms with van der Waals surface area (Å²) in [5.41, 5.74) is 8.41. The van der Waals surface area contributed by atoms with Crippen LogP contribution in [0.15, 0.2) is 302 Å². The van der Waals surface area contributed by atoms with Crippen molar-refractivity contribution in [3.63, 3.8) is 0 Å². The lowest BCUT2D eigenvalue weighted by atomic mass is 10.1. The summed E-state index contributed by atoms with van der Waals surface area (Å²) in [4.78, 5) is 11.3. The molecule has 4 heterocycles. The maximum atomic E-state index is 5.83. The quantitative estimate of drug-likeness (QED) is 0.0695. The lowest BCUT2D eigenvalue weighted by molar-refractivity contribution is 0.997. The third-order valence-corrected chi connectivity index (χ3v) is 25.9. The molecule has 0 spiro atoms. The van der Waals surface area contributed by atoms with E-state index >= 15 is 0 Å². The number of pyridine rings is 1. The zero-order chi connectivity index (χ0) is 52.9. The normalized spacial score (nSPS) is 12.5. The van der Waals surface area contributed by atoms with Crippen LogP contribution in [0.5, 0.6) is 0 Å². The third-order valence-electron chi connectivity index (χ3n) is 16.2. The van der Waals surface area contributed by atoms with Gasteiger partial charge in [0, 0.05) is 10.8 Å². The molecule has 0 fully saturated rings. The van der Waals surface area contributed by atoms with Crippen molar-refractivity contribution in [2.45, 2.75) is 13.8 Å². The molecule has 0 aliphatic carbocycles. The zero-order valence-electron chi connectivity index (χ0n) is 44.0. The Morgan fingerprint density at radius 2 is 0.835 bits per heavy atom. The Kier molecular flexibility index (Phi) is 11.9. The molecular formula is C72H55N5Si2. The van der Waals surface area contributed by atoms with Crippen molar-refractivity contribution in [3.05, 3.63) is 302 Å². The van der Waals surface area contributed by atoms with Gasteiger partial charge in [0.25, 0.3) is 0 Å². The predicted octanol–water partition coefficient (Wildman–Crippen LogP) is 12.5. The van der Waals surface area contributed by atoms with Crippen LogP contribution in [0.1, 0.15) is 13.8 Å². The number of para-hydroxylation sites is 3. The van der Waals surface area contributed by atoms with Crippen LogP contribution in [0.2, 0.25) is 0 Å². The highest BCUT2D eigenvalue weighted by atomic mass is 28.3. The van der Waals surface area contributed by atoms with Crippen LogP contribution < -0.4 is 36.3 Å². The first-order valence-electron chi connectivity index (χ1n) is 27.2. The Morgan fingerprint density at radius 3 is 1.42 bits per heavy atom. The number of hydrogen-bond acceptors (Lipinski definition) is 2. The topological polar surface area (TPSA) is 40.0 Å². The fourth-order valence-corrected chi connectivity index (χ4v) is 22.6. The van der Waals surface area contributed by atoms with Gasteiger partial charge >= 0.3 is 0 Å². The van der Waals surface area contributed by atoms with Crippen molar-refractivity contribution in [3.8, 4) is 22.8 Å². The fourth-order valence-electron chi connectivity index (χ4n) is 12.9. The molecular weight excluding hydrogens is 991 g/mol. The van der Waals surface area contributed by atoms with Gasteiger partial charge in [-0.05, 0) is 115 Å². The molecule has 376 valence electrons. The molecule has 0 amide bonds. The summed E-state index contributed by atoms with van der Waals surface area (Å²) >= 11 is 0. The van der Waals surface area contributed by atoms with Gasteiger partial charge in [0.2, 0.25) is 5.78 Å². The van der Waals surface area contributed by atoms with E-state index in [-0.39, 0.29) is 0 Å². The number of nitrogens with zero attached hydrogens (tertiary/aromatic N) is 5. The Morgan fingerprint density at radius 1 is 0.354 bits per heavy atom. The van der Waals surface area contributed by atoms with E-state index in [9.17, 15) is 0 Å². The molecule has 0 unspecified atom stereocenters. The standard InChI is InChI=1S/C72H55N5Si2/c1-3-27-54(4-2)78(55-30-13-6-14-31-55,56-32-15-7-16-33-56)61-45-47-68-69(51-61)76-67-43-26-24-41-64(67)73-72(76)77(68)71-49-53(52-28-11-5-12-29-52)48-70(74-71)75-65-42-25-23-40-62(65)63-50-60(44-46-66(63)75)79(57-34-17-8-18-35-57,58-36-19-9-20-37-58)59-38-21-10-22-39-59/h3-51H,1-2H3/b27-3-,54-4+. The summed E-state index contributed by atoms with van der Waals surface area (Å²) in [6, 6.07) is 103. The van der Waals surface area contributed by atoms with Crippen molar-refractivity contribution in [1.82, 2.24) is 23.5 Å². The van der Waals surface area contributed by atoms with Crippen LogP contribution in [-0.4, -0.2) is 39.7 Å². The Labute approximate surface area is 462 Å². The van der Waals surface area contributed by atoms with Gasteiger partial charge in [-0.3, -0.25) is 13.5 Å². The molecule has 79 heavy (non-hydrogen) atoms. The molecule has 0 atom stereocenters. The van der Waals surface area contributed by atoms with E-state index in [4.69, 9.17) is 9.97 Å². The molecule has 0 saturated heterocycles. The SMILES string of the molecule is C/C=C\C(=C/C)[Si](c1ccccc1)(c1ccccc1)c1ccc2c(c1)n1c3ccccc3nc1n2-c1cc(-c2ccccc2)cc(-n2c3ccccc3c3cc([Si](c4ccccc4)(c4ccccc4)c4ccccc4)ccc32)n1. The highest BCUT2D eigenvalue weighted by molar-refractivity contribution is 7.20. The third kappa shape index (κ3) is 7.57. The highest BCUT2D eigenvalue weighted by Crippen LogP contribution is 2.36. The van der Waals surface area contributed by atoms with Gasteiger partial charge in [-0.1, -0.05) is 249 Å². The summed E-state index contributed by atoms with van der Waals surface area (Å²) in [6.07, 6.45) is 6.84. The van der Waals surface area contributed by atoms with E-state index in [1.54, 1.807) is 0 Å². The van der Waals surface area contributed by atoms with Crippen LogP contribution in [0.3, 0.4) is 0 Å². The zero-order valence-corrected chi connectivity index (χ0v) is 46.0. The van der Waals surface area contributed by atoms with Crippen molar-refractivity contribution in [2.24, 2.45) is 0 Å². The van der Waals surface area contributed by atoms with Crippen LogP contribution in [0, 0.1) is 0 Å². The number of hydrogen-bond donors (Lipinski definition) is 0. The van der Waals surface area contributed by atoms with Gasteiger partial charge in [-0.15, -0.1) is 0 Å². The minimum Gasteiger partial charge on any atom is -0.294 e. The van der Waals surface area contributed by atoms with Gasteiger partial charge in [-0.25, -0.2) is 9.97 Å². The first-order chi connectivity index (χ1) is 39.1. The molecule has 0 aliphatic heterocycles. The summed E-state index contributed by atoms with van der Waals surface area (Å²) in [7, 11) is -5.75. The second kappa shape index (κ2) is 19.7. The van der Waals surface area contributed by atoms with Crippen LogP contribution >= 0.6 is 0 Å². The minimum atomic E-state index is -2.91. The van der Waals surface area contributed by atoms with Gasteiger partial charge in [0.15, 0.2) is 16.1 Å². The van der Waals surface area contributed by atoms with E-state index in [1.165, 1.54) is 52.3 Å². The van der Waals surface area contributed by atoms with Crippen molar-refractivity contribution in [1.29, 1.82) is 0 Å². The number of allylic oxidation sites excluding steroid dienone is 4. The van der Waals surface area contributed by atoms with Gasteiger partial charge < -0.3 is 0 Å². The monoisotopic (exact) mass is 1050 g/mol. The number of aromatic nitrogens is 5. The van der Waals surface area contributed by atoms with Crippen molar-refractivity contribution < 1.29 is 0 Å². The van der Waals surface area contributed by atoms with E-state index in [0.29, 0.717) is 0 Å². The second-order valence-electron chi connectivity index (χ2n) is 20.4. The summed E-state index contributed by atoms with van der Waals surface area (Å²) in [6.45, 7) is 4.31. The van der Waals surface area contributed by atoms with Crippen molar-refractivity contribution in [2.75, 3.05) is 0 Å².